The summed E-state index contributed by atoms with van der Waals surface area (Å²) in [6, 6.07) is 0. The van der Waals surface area contributed by atoms with Crippen molar-refractivity contribution in [3.8, 4) is 0 Å². The van der Waals surface area contributed by atoms with E-state index >= 15 is 0 Å². The van der Waals surface area contributed by atoms with Crippen LogP contribution in [0.25, 0.3) is 0 Å². The van der Waals surface area contributed by atoms with Gasteiger partial charge in [-0.3, -0.25) is 4.79 Å². The first-order chi connectivity index (χ1) is 7.89. The van der Waals surface area contributed by atoms with Crippen molar-refractivity contribution in [1.29, 1.82) is 0 Å². The van der Waals surface area contributed by atoms with Gasteiger partial charge in [0, 0.05) is 0 Å². The van der Waals surface area contributed by atoms with Crippen molar-refractivity contribution >= 4 is 6.29 Å². The summed E-state index contributed by atoms with van der Waals surface area (Å²) in [7, 11) is 0. The Kier molecular flexibility index (Phi) is 3.19. The molecule has 2 saturated carbocycles. The van der Waals surface area contributed by atoms with Crippen LogP contribution in [0.4, 0.5) is 0 Å². The molecular weight excluding hydrogens is 212 g/mol. The maximum absolute atomic E-state index is 10.8. The number of rotatable bonds is 2. The summed E-state index contributed by atoms with van der Waals surface area (Å²) in [5.74, 6) is 0.606. The highest BCUT2D eigenvalue weighted by molar-refractivity contribution is 5.72. The summed E-state index contributed by atoms with van der Waals surface area (Å²) in [6.45, 7) is 8.14. The van der Waals surface area contributed by atoms with Gasteiger partial charge < -0.3 is 5.11 Å². The highest BCUT2D eigenvalue weighted by Gasteiger charge is 2.50. The average Bonchev–Trinajstić information content (AvgIpc) is 2.27. The Morgan fingerprint density at radius 1 is 1.35 bits per heavy atom. The average molecular weight is 236 g/mol. The normalized spacial score (nSPS) is 46.1. The molecule has 0 unspecified atom stereocenters. The van der Waals surface area contributed by atoms with Crippen LogP contribution in [0.3, 0.4) is 0 Å². The molecule has 2 nitrogen and oxygen atoms in total. The van der Waals surface area contributed by atoms with E-state index in [2.05, 4.69) is 13.5 Å². The van der Waals surface area contributed by atoms with Gasteiger partial charge in [0.05, 0.1) is 5.60 Å². The van der Waals surface area contributed by atoms with Gasteiger partial charge in [-0.1, -0.05) is 19.9 Å². The fraction of sp³-hybridized carbons (Fsp3) is 0.800. The number of fused-ring (bicyclic) bond motifs is 1. The number of carbonyl (C=O) groups is 1. The van der Waals surface area contributed by atoms with Crippen LogP contribution in [0.2, 0.25) is 0 Å². The molecule has 1 N–H and O–H groups in total. The Morgan fingerprint density at radius 2 is 2.06 bits per heavy atom. The van der Waals surface area contributed by atoms with Crippen molar-refractivity contribution in [2.24, 2.45) is 17.3 Å². The van der Waals surface area contributed by atoms with Gasteiger partial charge in [-0.05, 0) is 61.9 Å². The molecule has 2 heteroatoms. The molecule has 0 spiro atoms. The summed E-state index contributed by atoms with van der Waals surface area (Å²) in [4.78, 5) is 10.8. The highest BCUT2D eigenvalue weighted by Crippen LogP contribution is 2.55. The van der Waals surface area contributed by atoms with Gasteiger partial charge in [0.25, 0.3) is 0 Å². The number of hydrogen-bond donors (Lipinski definition) is 1. The van der Waals surface area contributed by atoms with E-state index in [1.807, 2.05) is 6.92 Å². The van der Waals surface area contributed by atoms with Gasteiger partial charge in [0.15, 0.2) is 0 Å². The van der Waals surface area contributed by atoms with Gasteiger partial charge in [-0.15, -0.1) is 0 Å². The SMILES string of the molecule is C=C(C=O)[C@@H]1CC[C@@]2(C)CCC[C@@](C)(O)[C@@H]2C1. The lowest BCUT2D eigenvalue weighted by molar-refractivity contribution is -0.122. The van der Waals surface area contributed by atoms with E-state index in [4.69, 9.17) is 0 Å². The van der Waals surface area contributed by atoms with Gasteiger partial charge in [-0.2, -0.15) is 0 Å². The van der Waals surface area contributed by atoms with Crippen LogP contribution < -0.4 is 0 Å². The molecule has 2 rings (SSSR count). The third kappa shape index (κ3) is 2.20. The van der Waals surface area contributed by atoms with E-state index in [1.54, 1.807) is 0 Å². The predicted molar refractivity (Wildman–Crippen MR) is 68.6 cm³/mol. The largest absolute Gasteiger partial charge is 0.390 e. The monoisotopic (exact) mass is 236 g/mol. The van der Waals surface area contributed by atoms with Crippen LogP contribution in [0.5, 0.6) is 0 Å². The lowest BCUT2D eigenvalue weighted by Crippen LogP contribution is -2.51. The van der Waals surface area contributed by atoms with Crippen molar-refractivity contribution in [1.82, 2.24) is 0 Å². The summed E-state index contributed by atoms with van der Waals surface area (Å²) >= 11 is 0. The molecule has 0 amide bonds. The third-order valence-corrected chi connectivity index (χ3v) is 5.28. The minimum Gasteiger partial charge on any atom is -0.390 e. The Balaban J connectivity index is 2.20. The van der Waals surface area contributed by atoms with Crippen molar-refractivity contribution in [3.63, 3.8) is 0 Å². The molecule has 4 atom stereocenters. The zero-order chi connectivity index (χ0) is 12.7. The smallest absolute Gasteiger partial charge is 0.145 e. The molecule has 0 aliphatic heterocycles. The Morgan fingerprint density at radius 3 is 2.71 bits per heavy atom. The number of allylic oxidation sites excluding steroid dienone is 1. The summed E-state index contributed by atoms with van der Waals surface area (Å²) < 4.78 is 0. The standard InChI is InChI=1S/C15H24O2/c1-11(10-16)12-5-8-14(2)6-4-7-15(3,17)13(14)9-12/h10,12-13,17H,1,4-9H2,2-3H3/t12-,13-,14-,15-/m1/s1. The zero-order valence-electron chi connectivity index (χ0n) is 11.0. The van der Waals surface area contributed by atoms with E-state index in [0.717, 1.165) is 38.4 Å². The second-order valence-electron chi connectivity index (χ2n) is 6.58. The van der Waals surface area contributed by atoms with Crippen molar-refractivity contribution < 1.29 is 9.90 Å². The molecule has 17 heavy (non-hydrogen) atoms. The van der Waals surface area contributed by atoms with Gasteiger partial charge in [0.1, 0.15) is 6.29 Å². The maximum atomic E-state index is 10.8. The molecular formula is C15H24O2. The van der Waals surface area contributed by atoms with Crippen molar-refractivity contribution in [3.05, 3.63) is 12.2 Å². The number of aldehydes is 1. The second kappa shape index (κ2) is 4.24. The fourth-order valence-electron chi connectivity index (χ4n) is 4.13. The van der Waals surface area contributed by atoms with E-state index in [1.165, 1.54) is 6.42 Å². The van der Waals surface area contributed by atoms with Crippen LogP contribution in [0.1, 0.15) is 52.4 Å². The number of carbonyl (C=O) groups excluding carboxylic acids is 1. The van der Waals surface area contributed by atoms with Crippen molar-refractivity contribution in [2.45, 2.75) is 58.0 Å². The molecule has 0 radical (unpaired) electrons. The van der Waals surface area contributed by atoms with Crippen LogP contribution in [0.15, 0.2) is 12.2 Å². The minimum absolute atomic E-state index is 0.265. The number of hydrogen-bond acceptors (Lipinski definition) is 2. The first-order valence-corrected chi connectivity index (χ1v) is 6.75. The first kappa shape index (κ1) is 12.8. The van der Waals surface area contributed by atoms with E-state index < -0.39 is 5.60 Å². The number of aliphatic hydroxyl groups is 1. The van der Waals surface area contributed by atoms with Crippen LogP contribution >= 0.6 is 0 Å². The minimum atomic E-state index is -0.561. The molecule has 2 aliphatic rings. The first-order valence-electron chi connectivity index (χ1n) is 6.75. The third-order valence-electron chi connectivity index (χ3n) is 5.28. The van der Waals surface area contributed by atoms with Crippen LogP contribution in [-0.4, -0.2) is 17.0 Å². The Labute approximate surface area is 104 Å². The molecule has 0 bridgehead atoms. The molecule has 2 fully saturated rings. The summed E-state index contributed by atoms with van der Waals surface area (Å²) in [5, 5.41) is 10.6. The summed E-state index contributed by atoms with van der Waals surface area (Å²) in [5.41, 5.74) is 0.421. The molecule has 0 saturated heterocycles. The topological polar surface area (TPSA) is 37.3 Å². The maximum Gasteiger partial charge on any atom is 0.145 e. The molecule has 0 aromatic heterocycles. The Hall–Kier alpha value is -0.630. The molecule has 0 heterocycles. The lowest BCUT2D eigenvalue weighted by Gasteiger charge is -2.54. The molecule has 0 aromatic rings. The Bertz CT molecular complexity index is 332. The van der Waals surface area contributed by atoms with Gasteiger partial charge >= 0.3 is 0 Å². The van der Waals surface area contributed by atoms with Crippen LogP contribution in [-0.2, 0) is 4.79 Å². The van der Waals surface area contributed by atoms with E-state index in [0.29, 0.717) is 11.5 Å². The summed E-state index contributed by atoms with van der Waals surface area (Å²) in [6.07, 6.45) is 7.23. The fourth-order valence-corrected chi connectivity index (χ4v) is 4.13. The van der Waals surface area contributed by atoms with E-state index in [-0.39, 0.29) is 11.3 Å². The zero-order valence-corrected chi connectivity index (χ0v) is 11.0. The molecule has 0 aromatic carbocycles. The quantitative estimate of drug-likeness (QED) is 0.591. The lowest BCUT2D eigenvalue weighted by atomic mass is 9.53. The molecule has 2 aliphatic carbocycles. The van der Waals surface area contributed by atoms with Crippen molar-refractivity contribution in [2.75, 3.05) is 0 Å². The predicted octanol–water partition coefficient (Wildman–Crippen LogP) is 3.10. The van der Waals surface area contributed by atoms with E-state index in [9.17, 15) is 9.90 Å². The second-order valence-corrected chi connectivity index (χ2v) is 6.58. The van der Waals surface area contributed by atoms with Gasteiger partial charge in [0.2, 0.25) is 0 Å². The highest BCUT2D eigenvalue weighted by atomic mass is 16.3. The molecule has 96 valence electrons. The van der Waals surface area contributed by atoms with Gasteiger partial charge in [-0.25, -0.2) is 0 Å². The van der Waals surface area contributed by atoms with Crippen LogP contribution in [0, 0.1) is 17.3 Å².